The van der Waals surface area contributed by atoms with Crippen molar-refractivity contribution in [1.82, 2.24) is 0 Å². The number of rotatable bonds is 2. The van der Waals surface area contributed by atoms with E-state index in [1.165, 1.54) is 5.56 Å². The summed E-state index contributed by atoms with van der Waals surface area (Å²) < 4.78 is 5.17. The molecule has 1 aromatic carbocycles. The van der Waals surface area contributed by atoms with Crippen LogP contribution in [-0.2, 0) is 11.2 Å². The van der Waals surface area contributed by atoms with Crippen LogP contribution in [0.3, 0.4) is 0 Å². The average Bonchev–Trinajstić information content (AvgIpc) is 2.15. The van der Waals surface area contributed by atoms with Crippen LogP contribution < -0.4 is 5.32 Å². The molecule has 0 heterocycles. The van der Waals surface area contributed by atoms with Gasteiger partial charge in [0, 0.05) is 5.69 Å². The van der Waals surface area contributed by atoms with Gasteiger partial charge >= 0.3 is 6.09 Å². The van der Waals surface area contributed by atoms with Crippen molar-refractivity contribution >= 4 is 11.8 Å². The Hall–Kier alpha value is -1.51. The van der Waals surface area contributed by atoms with Gasteiger partial charge < -0.3 is 4.74 Å². The lowest BCUT2D eigenvalue weighted by atomic mass is 10.1. The highest BCUT2D eigenvalue weighted by molar-refractivity contribution is 5.84. The van der Waals surface area contributed by atoms with E-state index in [0.29, 0.717) is 0 Å². The summed E-state index contributed by atoms with van der Waals surface area (Å²) in [4.78, 5) is 11.5. The van der Waals surface area contributed by atoms with Gasteiger partial charge in [-0.05, 0) is 44.9 Å². The highest BCUT2D eigenvalue weighted by Crippen LogP contribution is 2.13. The third-order valence-corrected chi connectivity index (χ3v) is 1.98. The summed E-state index contributed by atoms with van der Waals surface area (Å²) in [6.45, 7) is 7.60. The Morgan fingerprint density at radius 3 is 2.62 bits per heavy atom. The monoisotopic (exact) mass is 221 g/mol. The highest BCUT2D eigenvalue weighted by atomic mass is 16.6. The van der Waals surface area contributed by atoms with Crippen molar-refractivity contribution in [2.75, 3.05) is 5.32 Å². The molecule has 0 fully saturated rings. The maximum absolute atomic E-state index is 11.5. The first kappa shape index (κ1) is 12.6. The SMILES string of the molecule is CCc1cccc(NC(=O)OC(C)(C)C)c1. The van der Waals surface area contributed by atoms with Crippen LogP contribution in [0.15, 0.2) is 24.3 Å². The number of benzene rings is 1. The molecule has 0 bridgehead atoms. The van der Waals surface area contributed by atoms with Crippen molar-refractivity contribution in [2.24, 2.45) is 0 Å². The van der Waals surface area contributed by atoms with E-state index < -0.39 is 11.7 Å². The van der Waals surface area contributed by atoms with Crippen molar-refractivity contribution in [1.29, 1.82) is 0 Å². The molecule has 1 aromatic rings. The van der Waals surface area contributed by atoms with Gasteiger partial charge in [-0.15, -0.1) is 0 Å². The molecule has 0 aliphatic rings. The number of hydrogen-bond acceptors (Lipinski definition) is 2. The Labute approximate surface area is 96.8 Å². The Morgan fingerprint density at radius 1 is 1.38 bits per heavy atom. The summed E-state index contributed by atoms with van der Waals surface area (Å²) in [5, 5.41) is 2.71. The standard InChI is InChI=1S/C13H19NO2/c1-5-10-7-6-8-11(9-10)14-12(15)16-13(2,3)4/h6-9H,5H2,1-4H3,(H,14,15). The minimum Gasteiger partial charge on any atom is -0.444 e. The van der Waals surface area contributed by atoms with E-state index in [1.54, 1.807) is 0 Å². The predicted octanol–water partition coefficient (Wildman–Crippen LogP) is 3.60. The normalized spacial score (nSPS) is 11.0. The summed E-state index contributed by atoms with van der Waals surface area (Å²) in [6.07, 6.45) is 0.532. The van der Waals surface area contributed by atoms with Gasteiger partial charge in [0.25, 0.3) is 0 Å². The Morgan fingerprint density at radius 2 is 2.06 bits per heavy atom. The fourth-order valence-corrected chi connectivity index (χ4v) is 1.29. The van der Waals surface area contributed by atoms with E-state index >= 15 is 0 Å². The summed E-state index contributed by atoms with van der Waals surface area (Å²) >= 11 is 0. The molecule has 0 atom stereocenters. The molecule has 0 saturated carbocycles. The third-order valence-electron chi connectivity index (χ3n) is 1.98. The van der Waals surface area contributed by atoms with E-state index in [9.17, 15) is 4.79 Å². The van der Waals surface area contributed by atoms with Gasteiger partial charge in [0.2, 0.25) is 0 Å². The minimum atomic E-state index is -0.466. The minimum absolute atomic E-state index is 0.416. The Balaban J connectivity index is 2.62. The van der Waals surface area contributed by atoms with Crippen molar-refractivity contribution in [3.8, 4) is 0 Å². The van der Waals surface area contributed by atoms with Crippen LogP contribution in [-0.4, -0.2) is 11.7 Å². The molecule has 0 saturated heterocycles. The molecule has 88 valence electrons. The van der Waals surface area contributed by atoms with Gasteiger partial charge in [-0.25, -0.2) is 4.79 Å². The predicted molar refractivity (Wildman–Crippen MR) is 65.7 cm³/mol. The number of amides is 1. The molecule has 16 heavy (non-hydrogen) atoms. The number of hydrogen-bond donors (Lipinski definition) is 1. The van der Waals surface area contributed by atoms with Gasteiger partial charge in [0.05, 0.1) is 0 Å². The van der Waals surface area contributed by atoms with E-state index in [4.69, 9.17) is 4.74 Å². The van der Waals surface area contributed by atoms with Crippen molar-refractivity contribution in [2.45, 2.75) is 39.7 Å². The number of carbonyl (C=O) groups excluding carboxylic acids is 1. The number of anilines is 1. The maximum Gasteiger partial charge on any atom is 0.412 e. The summed E-state index contributed by atoms with van der Waals surface area (Å²) in [7, 11) is 0. The Kier molecular flexibility index (Phi) is 3.93. The van der Waals surface area contributed by atoms with E-state index in [0.717, 1.165) is 12.1 Å². The van der Waals surface area contributed by atoms with Crippen LogP contribution in [0, 0.1) is 0 Å². The highest BCUT2D eigenvalue weighted by Gasteiger charge is 2.15. The largest absolute Gasteiger partial charge is 0.444 e. The average molecular weight is 221 g/mol. The van der Waals surface area contributed by atoms with Crippen LogP contribution in [0.1, 0.15) is 33.3 Å². The number of aryl methyl sites for hydroxylation is 1. The summed E-state index contributed by atoms with van der Waals surface area (Å²) in [5.74, 6) is 0. The van der Waals surface area contributed by atoms with Crippen LogP contribution in [0.2, 0.25) is 0 Å². The summed E-state index contributed by atoms with van der Waals surface area (Å²) in [6, 6.07) is 7.75. The second-order valence-corrected chi connectivity index (χ2v) is 4.68. The molecule has 3 heteroatoms. The maximum atomic E-state index is 11.5. The number of carbonyl (C=O) groups is 1. The lowest BCUT2D eigenvalue weighted by molar-refractivity contribution is 0.0636. The molecule has 0 aliphatic carbocycles. The molecule has 1 N–H and O–H groups in total. The van der Waals surface area contributed by atoms with Gasteiger partial charge in [0.15, 0.2) is 0 Å². The van der Waals surface area contributed by atoms with Crippen molar-refractivity contribution in [3.63, 3.8) is 0 Å². The molecule has 1 amide bonds. The zero-order valence-corrected chi connectivity index (χ0v) is 10.3. The lowest BCUT2D eigenvalue weighted by Gasteiger charge is -2.19. The van der Waals surface area contributed by atoms with Crippen LogP contribution >= 0.6 is 0 Å². The first-order chi connectivity index (χ1) is 7.40. The van der Waals surface area contributed by atoms with E-state index in [-0.39, 0.29) is 0 Å². The number of nitrogens with one attached hydrogen (secondary N) is 1. The molecule has 0 radical (unpaired) electrons. The first-order valence-electron chi connectivity index (χ1n) is 5.49. The topological polar surface area (TPSA) is 38.3 Å². The lowest BCUT2D eigenvalue weighted by Crippen LogP contribution is -2.27. The van der Waals surface area contributed by atoms with Gasteiger partial charge in [-0.1, -0.05) is 19.1 Å². The second kappa shape index (κ2) is 5.01. The van der Waals surface area contributed by atoms with Crippen LogP contribution in [0.5, 0.6) is 0 Å². The van der Waals surface area contributed by atoms with Crippen LogP contribution in [0.4, 0.5) is 10.5 Å². The Bertz CT molecular complexity index is 366. The molecular weight excluding hydrogens is 202 g/mol. The fraction of sp³-hybridized carbons (Fsp3) is 0.462. The molecule has 1 rings (SSSR count). The molecule has 0 aliphatic heterocycles. The van der Waals surface area contributed by atoms with Gasteiger partial charge in [-0.2, -0.15) is 0 Å². The zero-order chi connectivity index (χ0) is 12.2. The van der Waals surface area contributed by atoms with E-state index in [2.05, 4.69) is 12.2 Å². The zero-order valence-electron chi connectivity index (χ0n) is 10.3. The summed E-state index contributed by atoms with van der Waals surface area (Å²) in [5.41, 5.74) is 1.49. The quantitative estimate of drug-likeness (QED) is 0.828. The van der Waals surface area contributed by atoms with Gasteiger partial charge in [0.1, 0.15) is 5.60 Å². The van der Waals surface area contributed by atoms with Crippen molar-refractivity contribution in [3.05, 3.63) is 29.8 Å². The third kappa shape index (κ3) is 4.34. The number of ether oxygens (including phenoxy) is 1. The fourth-order valence-electron chi connectivity index (χ4n) is 1.29. The first-order valence-corrected chi connectivity index (χ1v) is 5.49. The molecule has 0 unspecified atom stereocenters. The molecule has 0 spiro atoms. The van der Waals surface area contributed by atoms with Crippen LogP contribution in [0.25, 0.3) is 0 Å². The van der Waals surface area contributed by atoms with Crippen molar-refractivity contribution < 1.29 is 9.53 Å². The second-order valence-electron chi connectivity index (χ2n) is 4.68. The van der Waals surface area contributed by atoms with E-state index in [1.807, 2.05) is 45.0 Å². The molecule has 0 aromatic heterocycles. The molecular formula is C13H19NO2. The molecule has 3 nitrogen and oxygen atoms in total. The smallest absolute Gasteiger partial charge is 0.412 e. The van der Waals surface area contributed by atoms with Gasteiger partial charge in [-0.3, -0.25) is 5.32 Å².